The molecular formula is C42H51F3O9Si. The molecule has 0 aliphatic heterocycles. The fraction of sp³-hybridized carbons (Fsp3) is 0.405. The van der Waals surface area contributed by atoms with E-state index in [1.165, 1.54) is 51.7 Å². The lowest BCUT2D eigenvalue weighted by atomic mass is 9.92. The maximum absolute atomic E-state index is 15.3. The van der Waals surface area contributed by atoms with Crippen LogP contribution in [-0.4, -0.2) is 61.6 Å². The van der Waals surface area contributed by atoms with E-state index in [0.29, 0.717) is 5.75 Å². The molecule has 4 rings (SSSR count). The zero-order chi connectivity index (χ0) is 40.6. The Morgan fingerprint density at radius 3 is 1.82 bits per heavy atom. The number of hydrogen-bond acceptors (Lipinski definition) is 9. The summed E-state index contributed by atoms with van der Waals surface area (Å²) >= 11 is 0. The van der Waals surface area contributed by atoms with Crippen LogP contribution in [0.1, 0.15) is 49.1 Å². The topological polar surface area (TPSA) is 90.9 Å². The molecule has 0 N–H and O–H groups in total. The molecule has 13 heteroatoms. The monoisotopic (exact) mass is 784 g/mol. The van der Waals surface area contributed by atoms with Crippen LogP contribution in [0, 0.1) is 6.92 Å². The summed E-state index contributed by atoms with van der Waals surface area (Å²) in [6.07, 6.45) is -8.07. The van der Waals surface area contributed by atoms with E-state index >= 15 is 13.2 Å². The van der Waals surface area contributed by atoms with Crippen LogP contribution < -0.4 is 23.7 Å². The Morgan fingerprint density at radius 2 is 1.31 bits per heavy atom. The van der Waals surface area contributed by atoms with Gasteiger partial charge in [-0.25, -0.2) is 4.79 Å². The quantitative estimate of drug-likeness (QED) is 0.0767. The number of hydrogen-bond donors (Lipinski definition) is 0. The first-order chi connectivity index (χ1) is 25.9. The smallest absolute Gasteiger partial charge is 0.432 e. The number of rotatable bonds is 17. The minimum absolute atomic E-state index is 0.156. The van der Waals surface area contributed by atoms with Gasteiger partial charge in [0.25, 0.3) is 5.60 Å². The van der Waals surface area contributed by atoms with Crippen molar-refractivity contribution in [1.82, 2.24) is 0 Å². The Hall–Kier alpha value is -4.72. The Labute approximate surface area is 322 Å². The zero-order valence-electron chi connectivity index (χ0n) is 33.0. The predicted octanol–water partition coefficient (Wildman–Crippen LogP) is 9.76. The van der Waals surface area contributed by atoms with E-state index in [0.717, 1.165) is 30.4 Å². The highest BCUT2D eigenvalue weighted by atomic mass is 28.4. The Balaban J connectivity index is 1.95. The predicted molar refractivity (Wildman–Crippen MR) is 206 cm³/mol. The molecule has 0 fully saturated rings. The molecule has 0 unspecified atom stereocenters. The first kappa shape index (κ1) is 43.0. The third-order valence-electron chi connectivity index (χ3n) is 9.79. The summed E-state index contributed by atoms with van der Waals surface area (Å²) < 4.78 is 93.5. The molecular weight excluding hydrogens is 734 g/mol. The molecule has 4 aromatic rings. The van der Waals surface area contributed by atoms with Crippen molar-refractivity contribution in [3.8, 4) is 28.7 Å². The van der Waals surface area contributed by atoms with E-state index in [1.807, 2.05) is 50.3 Å². The number of carbonyl (C=O) groups is 1. The standard InChI is InChI=1S/C42H51F3O9Si/c1-28-21-22-32(33(23-28)47-5)53-36(27-52-55(9,10)40(2,3)4)37(54-39(46)41(50-8,42(43,44)45)31-19-15-12-16-20-31)30-24-34(48-6)38(35(25-30)49-7)51-26-29-17-13-11-14-18-29/h11-25,36-37H,26-27H2,1-10H3/t36-,37-,41+/m1/s1. The van der Waals surface area contributed by atoms with Gasteiger partial charge < -0.3 is 37.6 Å². The van der Waals surface area contributed by atoms with Gasteiger partial charge in [-0.05, 0) is 60.4 Å². The van der Waals surface area contributed by atoms with E-state index in [9.17, 15) is 4.79 Å². The van der Waals surface area contributed by atoms with E-state index in [4.69, 9.17) is 37.6 Å². The second kappa shape index (κ2) is 17.8. The van der Waals surface area contributed by atoms with Crippen LogP contribution in [0.3, 0.4) is 0 Å². The molecule has 298 valence electrons. The summed E-state index contributed by atoms with van der Waals surface area (Å²) in [6, 6.07) is 24.3. The van der Waals surface area contributed by atoms with Crippen molar-refractivity contribution in [1.29, 1.82) is 0 Å². The molecule has 0 heterocycles. The van der Waals surface area contributed by atoms with Crippen LogP contribution in [-0.2, 0) is 30.9 Å². The largest absolute Gasteiger partial charge is 0.493 e. The van der Waals surface area contributed by atoms with Crippen LogP contribution >= 0.6 is 0 Å². The first-order valence-corrected chi connectivity index (χ1v) is 20.6. The van der Waals surface area contributed by atoms with Gasteiger partial charge in [0, 0.05) is 18.2 Å². The SMILES string of the molecule is COc1cc(C)ccc1O[C@H](CO[Si](C)(C)C(C)(C)C)[C@H](OC(=O)[C@@](OC)(c1ccccc1)C(F)(F)F)c1cc(OC)c(OCc2ccccc2)c(OC)c1. The van der Waals surface area contributed by atoms with Gasteiger partial charge in [0.05, 0.1) is 27.9 Å². The number of carbonyl (C=O) groups excluding carboxylic acids is 1. The number of halogens is 3. The van der Waals surface area contributed by atoms with Gasteiger partial charge in [-0.15, -0.1) is 0 Å². The van der Waals surface area contributed by atoms with Crippen molar-refractivity contribution in [2.75, 3.05) is 35.0 Å². The summed E-state index contributed by atoms with van der Waals surface area (Å²) in [4.78, 5) is 14.4. The first-order valence-electron chi connectivity index (χ1n) is 17.7. The van der Waals surface area contributed by atoms with Crippen LogP contribution in [0.5, 0.6) is 28.7 Å². The summed E-state index contributed by atoms with van der Waals surface area (Å²) in [7, 11) is 2.57. The molecule has 0 saturated carbocycles. The van der Waals surface area contributed by atoms with Crippen LogP contribution in [0.15, 0.2) is 91.0 Å². The summed E-state index contributed by atoms with van der Waals surface area (Å²) in [5.41, 5.74) is -2.06. The molecule has 55 heavy (non-hydrogen) atoms. The summed E-state index contributed by atoms with van der Waals surface area (Å²) in [6.45, 7) is 12.0. The molecule has 0 bridgehead atoms. The average molecular weight is 785 g/mol. The molecule has 3 atom stereocenters. The van der Waals surface area contributed by atoms with Crippen molar-refractivity contribution < 1.29 is 55.5 Å². The van der Waals surface area contributed by atoms with Gasteiger partial charge in [-0.3, -0.25) is 0 Å². The minimum Gasteiger partial charge on any atom is -0.493 e. The van der Waals surface area contributed by atoms with Gasteiger partial charge in [0.1, 0.15) is 6.61 Å². The van der Waals surface area contributed by atoms with Crippen LogP contribution in [0.2, 0.25) is 18.1 Å². The highest BCUT2D eigenvalue weighted by Gasteiger charge is 2.64. The van der Waals surface area contributed by atoms with Gasteiger partial charge in [0.15, 0.2) is 43.5 Å². The fourth-order valence-electron chi connectivity index (χ4n) is 5.61. The highest BCUT2D eigenvalue weighted by Crippen LogP contribution is 2.47. The third-order valence-corrected chi connectivity index (χ3v) is 14.3. The summed E-state index contributed by atoms with van der Waals surface area (Å²) in [5, 5.41) is -0.260. The van der Waals surface area contributed by atoms with Crippen molar-refractivity contribution in [2.45, 2.75) is 76.4 Å². The highest BCUT2D eigenvalue weighted by molar-refractivity contribution is 6.74. The number of esters is 1. The maximum atomic E-state index is 15.3. The van der Waals surface area contributed by atoms with Gasteiger partial charge in [-0.1, -0.05) is 87.5 Å². The number of ether oxygens (including phenoxy) is 7. The number of methoxy groups -OCH3 is 4. The van der Waals surface area contributed by atoms with E-state index < -0.39 is 43.8 Å². The van der Waals surface area contributed by atoms with E-state index in [-0.39, 0.29) is 46.8 Å². The molecule has 9 nitrogen and oxygen atoms in total. The molecule has 0 aliphatic carbocycles. The third kappa shape index (κ3) is 9.75. The molecule has 0 radical (unpaired) electrons. The van der Waals surface area contributed by atoms with Crippen molar-refractivity contribution in [3.63, 3.8) is 0 Å². The Kier molecular flexibility index (Phi) is 13.9. The van der Waals surface area contributed by atoms with Crippen LogP contribution in [0.25, 0.3) is 0 Å². The normalized spacial score (nSPS) is 14.3. The minimum atomic E-state index is -5.25. The Bertz CT molecular complexity index is 1840. The van der Waals surface area contributed by atoms with Crippen molar-refractivity contribution >= 4 is 14.3 Å². The summed E-state index contributed by atoms with van der Waals surface area (Å²) in [5.74, 6) is -0.563. The molecule has 0 aliphatic rings. The number of aryl methyl sites for hydroxylation is 1. The van der Waals surface area contributed by atoms with E-state index in [1.54, 1.807) is 18.2 Å². The van der Waals surface area contributed by atoms with E-state index in [2.05, 4.69) is 20.8 Å². The van der Waals surface area contributed by atoms with Gasteiger partial charge >= 0.3 is 12.1 Å². The molecule has 4 aromatic carbocycles. The lowest BCUT2D eigenvalue weighted by Crippen LogP contribution is -2.53. The average Bonchev–Trinajstić information content (AvgIpc) is 3.15. The number of benzene rings is 4. The second-order valence-corrected chi connectivity index (χ2v) is 19.3. The van der Waals surface area contributed by atoms with Gasteiger partial charge in [-0.2, -0.15) is 13.2 Å². The second-order valence-electron chi connectivity index (χ2n) is 14.5. The Morgan fingerprint density at radius 1 is 0.745 bits per heavy atom. The molecule has 0 amide bonds. The zero-order valence-corrected chi connectivity index (χ0v) is 34.0. The molecule has 0 saturated heterocycles. The fourth-order valence-corrected chi connectivity index (χ4v) is 6.62. The number of alkyl halides is 3. The molecule has 0 spiro atoms. The van der Waals surface area contributed by atoms with Crippen molar-refractivity contribution in [3.05, 3.63) is 113 Å². The van der Waals surface area contributed by atoms with Crippen LogP contribution in [0.4, 0.5) is 13.2 Å². The molecule has 0 aromatic heterocycles. The van der Waals surface area contributed by atoms with Gasteiger partial charge in [0.2, 0.25) is 5.75 Å². The maximum Gasteiger partial charge on any atom is 0.432 e. The van der Waals surface area contributed by atoms with Crippen molar-refractivity contribution in [2.24, 2.45) is 0 Å². The lowest BCUT2D eigenvalue weighted by molar-refractivity contribution is -0.279. The lowest BCUT2D eigenvalue weighted by Gasteiger charge is -2.39.